The zero-order chi connectivity index (χ0) is 15.4. The Morgan fingerprint density at radius 1 is 1.43 bits per heavy atom. The summed E-state index contributed by atoms with van der Waals surface area (Å²) in [6.45, 7) is 6.11. The third-order valence-corrected chi connectivity index (χ3v) is 4.07. The summed E-state index contributed by atoms with van der Waals surface area (Å²) in [7, 11) is 0. The SMILES string of the molecule is Cc1ccc([C@H](C)NC(=O)CSc2n[nH]c(N)n2)cc1C. The van der Waals surface area contributed by atoms with Gasteiger partial charge in [0.1, 0.15) is 0 Å². The number of aromatic amines is 1. The molecular weight excluding hydrogens is 286 g/mol. The van der Waals surface area contributed by atoms with Crippen molar-refractivity contribution in [2.24, 2.45) is 0 Å². The topological polar surface area (TPSA) is 96.7 Å². The molecule has 0 unspecified atom stereocenters. The first-order valence-electron chi connectivity index (χ1n) is 6.63. The Labute approximate surface area is 127 Å². The van der Waals surface area contributed by atoms with E-state index in [4.69, 9.17) is 5.73 Å². The van der Waals surface area contributed by atoms with Crippen molar-refractivity contribution in [2.45, 2.75) is 32.0 Å². The molecule has 0 saturated heterocycles. The van der Waals surface area contributed by atoms with Crippen LogP contribution in [0.5, 0.6) is 0 Å². The maximum absolute atomic E-state index is 11.9. The zero-order valence-electron chi connectivity index (χ0n) is 12.3. The number of nitrogen functional groups attached to an aromatic ring is 1. The second-order valence-electron chi connectivity index (χ2n) is 4.92. The summed E-state index contributed by atoms with van der Waals surface area (Å²) >= 11 is 1.25. The molecule has 1 atom stereocenters. The minimum Gasteiger partial charge on any atom is -0.368 e. The van der Waals surface area contributed by atoms with Crippen LogP contribution in [0.1, 0.15) is 29.7 Å². The van der Waals surface area contributed by atoms with Crippen LogP contribution >= 0.6 is 11.8 Å². The van der Waals surface area contributed by atoms with Crippen LogP contribution in [0, 0.1) is 13.8 Å². The van der Waals surface area contributed by atoms with Crippen molar-refractivity contribution in [3.63, 3.8) is 0 Å². The molecule has 0 aliphatic carbocycles. The highest BCUT2D eigenvalue weighted by atomic mass is 32.2. The van der Waals surface area contributed by atoms with Crippen LogP contribution in [-0.2, 0) is 4.79 Å². The molecule has 21 heavy (non-hydrogen) atoms. The van der Waals surface area contributed by atoms with Gasteiger partial charge in [-0.05, 0) is 37.5 Å². The molecule has 1 amide bonds. The van der Waals surface area contributed by atoms with Gasteiger partial charge in [0.25, 0.3) is 0 Å². The number of hydrogen-bond acceptors (Lipinski definition) is 5. The van der Waals surface area contributed by atoms with Crippen LogP contribution < -0.4 is 11.1 Å². The number of nitrogens with one attached hydrogen (secondary N) is 2. The lowest BCUT2D eigenvalue weighted by Gasteiger charge is -2.15. The third kappa shape index (κ3) is 4.22. The molecule has 0 aliphatic heterocycles. The lowest BCUT2D eigenvalue weighted by atomic mass is 10.0. The van der Waals surface area contributed by atoms with Crippen LogP contribution in [0.15, 0.2) is 23.4 Å². The normalized spacial score (nSPS) is 12.1. The van der Waals surface area contributed by atoms with E-state index in [1.54, 1.807) is 0 Å². The minimum absolute atomic E-state index is 0.0328. The lowest BCUT2D eigenvalue weighted by molar-refractivity contribution is -0.119. The van der Waals surface area contributed by atoms with Crippen molar-refractivity contribution >= 4 is 23.6 Å². The van der Waals surface area contributed by atoms with E-state index in [-0.39, 0.29) is 23.7 Å². The Bertz CT molecular complexity index is 640. The van der Waals surface area contributed by atoms with Crippen molar-refractivity contribution in [1.29, 1.82) is 0 Å². The van der Waals surface area contributed by atoms with Gasteiger partial charge in [-0.1, -0.05) is 30.0 Å². The molecule has 2 aromatic rings. The first kappa shape index (κ1) is 15.4. The van der Waals surface area contributed by atoms with Crippen molar-refractivity contribution in [2.75, 3.05) is 11.5 Å². The smallest absolute Gasteiger partial charge is 0.230 e. The quantitative estimate of drug-likeness (QED) is 0.734. The van der Waals surface area contributed by atoms with Crippen molar-refractivity contribution in [3.8, 4) is 0 Å². The van der Waals surface area contributed by atoms with E-state index >= 15 is 0 Å². The number of benzene rings is 1. The lowest BCUT2D eigenvalue weighted by Crippen LogP contribution is -2.28. The van der Waals surface area contributed by atoms with Crippen molar-refractivity contribution in [1.82, 2.24) is 20.5 Å². The minimum atomic E-state index is -0.0610. The van der Waals surface area contributed by atoms with Gasteiger partial charge in [0.05, 0.1) is 11.8 Å². The predicted molar refractivity (Wildman–Crippen MR) is 84.0 cm³/mol. The van der Waals surface area contributed by atoms with Crippen LogP contribution in [0.4, 0.5) is 5.95 Å². The Kier molecular flexibility index (Phi) is 4.85. The Morgan fingerprint density at radius 2 is 2.19 bits per heavy atom. The largest absolute Gasteiger partial charge is 0.368 e. The van der Waals surface area contributed by atoms with Crippen LogP contribution in [0.2, 0.25) is 0 Å². The molecule has 7 heteroatoms. The predicted octanol–water partition coefficient (Wildman–Crippen LogP) is 1.97. The molecule has 1 heterocycles. The van der Waals surface area contributed by atoms with Gasteiger partial charge in [0.15, 0.2) is 0 Å². The van der Waals surface area contributed by atoms with E-state index in [1.165, 1.54) is 22.9 Å². The fourth-order valence-electron chi connectivity index (χ4n) is 1.85. The number of thioether (sulfide) groups is 1. The second-order valence-corrected chi connectivity index (χ2v) is 5.87. The molecule has 6 nitrogen and oxygen atoms in total. The summed E-state index contributed by atoms with van der Waals surface area (Å²) in [4.78, 5) is 15.9. The van der Waals surface area contributed by atoms with Crippen LogP contribution in [0.25, 0.3) is 0 Å². The average molecular weight is 305 g/mol. The van der Waals surface area contributed by atoms with Gasteiger partial charge in [-0.25, -0.2) is 5.10 Å². The number of H-pyrrole nitrogens is 1. The van der Waals surface area contributed by atoms with Gasteiger partial charge in [0, 0.05) is 0 Å². The summed E-state index contributed by atoms with van der Waals surface area (Å²) in [5.41, 5.74) is 8.99. The molecule has 112 valence electrons. The van der Waals surface area contributed by atoms with E-state index in [9.17, 15) is 4.79 Å². The molecule has 2 rings (SSSR count). The zero-order valence-corrected chi connectivity index (χ0v) is 13.1. The van der Waals surface area contributed by atoms with Crippen molar-refractivity contribution in [3.05, 3.63) is 34.9 Å². The molecule has 0 aliphatic rings. The van der Waals surface area contributed by atoms with Gasteiger partial charge >= 0.3 is 0 Å². The summed E-state index contributed by atoms with van der Waals surface area (Å²) in [6, 6.07) is 6.17. The van der Waals surface area contributed by atoms with Gasteiger partial charge in [-0.2, -0.15) is 4.98 Å². The van der Waals surface area contributed by atoms with E-state index in [1.807, 2.05) is 13.0 Å². The number of carbonyl (C=O) groups is 1. The number of nitrogens with zero attached hydrogens (tertiary/aromatic N) is 2. The van der Waals surface area contributed by atoms with Crippen molar-refractivity contribution < 1.29 is 4.79 Å². The molecule has 0 saturated carbocycles. The number of rotatable bonds is 5. The summed E-state index contributed by atoms with van der Waals surface area (Å²) < 4.78 is 0. The molecule has 0 fully saturated rings. The Morgan fingerprint density at radius 3 is 2.81 bits per heavy atom. The van der Waals surface area contributed by atoms with E-state index < -0.39 is 0 Å². The first-order chi connectivity index (χ1) is 9.95. The number of aromatic nitrogens is 3. The number of anilines is 1. The van der Waals surface area contributed by atoms with Gasteiger partial charge in [0.2, 0.25) is 17.0 Å². The highest BCUT2D eigenvalue weighted by Gasteiger charge is 2.11. The third-order valence-electron chi connectivity index (χ3n) is 3.22. The van der Waals surface area contributed by atoms with Crippen LogP contribution in [-0.4, -0.2) is 26.8 Å². The standard InChI is InChI=1S/C14H19N5OS/c1-8-4-5-11(6-9(8)2)10(3)16-12(20)7-21-14-17-13(15)18-19-14/h4-6,10H,7H2,1-3H3,(H,16,20)(H3,15,17,18,19)/t10-/m0/s1. The maximum Gasteiger partial charge on any atom is 0.230 e. The van der Waals surface area contributed by atoms with E-state index in [0.717, 1.165) is 5.56 Å². The molecule has 1 aromatic heterocycles. The average Bonchev–Trinajstić information content (AvgIpc) is 2.85. The van der Waals surface area contributed by atoms with Crippen LogP contribution in [0.3, 0.4) is 0 Å². The molecule has 0 spiro atoms. The van der Waals surface area contributed by atoms with Gasteiger partial charge < -0.3 is 11.1 Å². The molecule has 0 radical (unpaired) electrons. The molecule has 1 aromatic carbocycles. The summed E-state index contributed by atoms with van der Waals surface area (Å²) in [5, 5.41) is 9.84. The fourth-order valence-corrected chi connectivity index (χ4v) is 2.47. The van der Waals surface area contributed by atoms with E-state index in [0.29, 0.717) is 5.16 Å². The number of nitrogens with two attached hydrogens (primary N) is 1. The highest BCUT2D eigenvalue weighted by molar-refractivity contribution is 7.99. The molecular formula is C14H19N5OS. The monoisotopic (exact) mass is 305 g/mol. The molecule has 4 N–H and O–H groups in total. The Hall–Kier alpha value is -2.02. The fraction of sp³-hybridized carbons (Fsp3) is 0.357. The number of aryl methyl sites for hydroxylation is 2. The van der Waals surface area contributed by atoms with Gasteiger partial charge in [-0.3, -0.25) is 4.79 Å². The Balaban J connectivity index is 1.88. The summed E-state index contributed by atoms with van der Waals surface area (Å²) in [5.74, 6) is 0.447. The summed E-state index contributed by atoms with van der Waals surface area (Å²) in [6.07, 6.45) is 0. The van der Waals surface area contributed by atoms with E-state index in [2.05, 4.69) is 46.5 Å². The molecule has 0 bridgehead atoms. The maximum atomic E-state index is 11.9. The first-order valence-corrected chi connectivity index (χ1v) is 7.61. The highest BCUT2D eigenvalue weighted by Crippen LogP contribution is 2.17. The number of carbonyl (C=O) groups excluding carboxylic acids is 1. The number of amides is 1. The second kappa shape index (κ2) is 6.62. The van der Waals surface area contributed by atoms with Gasteiger partial charge in [-0.15, -0.1) is 5.10 Å². The number of hydrogen-bond donors (Lipinski definition) is 3.